The lowest BCUT2D eigenvalue weighted by Gasteiger charge is -2.45. The largest absolute Gasteiger partial charge is 0.311 e. The van der Waals surface area contributed by atoms with Crippen molar-refractivity contribution in [3.63, 3.8) is 0 Å². The SMILES string of the molecule is CCCC1CN(C(C)C)C(C(C)CC)CN1. The number of piperazine rings is 1. The topological polar surface area (TPSA) is 15.3 Å². The Morgan fingerprint density at radius 2 is 1.94 bits per heavy atom. The average Bonchev–Trinajstić information content (AvgIpc) is 2.28. The lowest BCUT2D eigenvalue weighted by atomic mass is 9.92. The Kier molecular flexibility index (Phi) is 5.77. The van der Waals surface area contributed by atoms with Crippen molar-refractivity contribution in [3.8, 4) is 0 Å². The Balaban J connectivity index is 2.60. The Hall–Kier alpha value is -0.0800. The van der Waals surface area contributed by atoms with Crippen molar-refractivity contribution < 1.29 is 0 Å². The monoisotopic (exact) mass is 226 g/mol. The summed E-state index contributed by atoms with van der Waals surface area (Å²) in [6.07, 6.45) is 3.89. The van der Waals surface area contributed by atoms with Crippen molar-refractivity contribution in [2.45, 2.75) is 72.0 Å². The molecule has 0 aromatic heterocycles. The second-order valence-electron chi connectivity index (χ2n) is 5.64. The van der Waals surface area contributed by atoms with Crippen LogP contribution in [0, 0.1) is 5.92 Å². The molecule has 3 atom stereocenters. The normalized spacial score (nSPS) is 29.6. The van der Waals surface area contributed by atoms with E-state index in [1.807, 2.05) is 0 Å². The van der Waals surface area contributed by atoms with Gasteiger partial charge < -0.3 is 5.32 Å². The number of hydrogen-bond donors (Lipinski definition) is 1. The van der Waals surface area contributed by atoms with Crippen LogP contribution in [-0.2, 0) is 0 Å². The van der Waals surface area contributed by atoms with Crippen LogP contribution in [0.3, 0.4) is 0 Å². The molecule has 1 aliphatic rings. The molecule has 96 valence electrons. The predicted molar refractivity (Wildman–Crippen MR) is 71.8 cm³/mol. The maximum Gasteiger partial charge on any atom is 0.0249 e. The highest BCUT2D eigenvalue weighted by molar-refractivity contribution is 4.89. The van der Waals surface area contributed by atoms with Gasteiger partial charge in [0.05, 0.1) is 0 Å². The van der Waals surface area contributed by atoms with Gasteiger partial charge in [-0.25, -0.2) is 0 Å². The number of hydrogen-bond acceptors (Lipinski definition) is 2. The van der Waals surface area contributed by atoms with Crippen LogP contribution in [0.15, 0.2) is 0 Å². The summed E-state index contributed by atoms with van der Waals surface area (Å²) in [5.74, 6) is 0.803. The summed E-state index contributed by atoms with van der Waals surface area (Å²) in [5, 5.41) is 3.73. The fourth-order valence-electron chi connectivity index (χ4n) is 2.79. The molecule has 0 saturated carbocycles. The van der Waals surface area contributed by atoms with E-state index in [1.165, 1.54) is 32.4 Å². The van der Waals surface area contributed by atoms with Crippen LogP contribution in [0.25, 0.3) is 0 Å². The number of nitrogens with zero attached hydrogens (tertiary/aromatic N) is 1. The molecule has 2 nitrogen and oxygen atoms in total. The molecule has 0 spiro atoms. The second-order valence-corrected chi connectivity index (χ2v) is 5.64. The molecule has 0 aromatic carbocycles. The zero-order chi connectivity index (χ0) is 12.1. The average molecular weight is 226 g/mol. The highest BCUT2D eigenvalue weighted by Crippen LogP contribution is 2.21. The van der Waals surface area contributed by atoms with E-state index in [4.69, 9.17) is 0 Å². The molecule has 0 radical (unpaired) electrons. The van der Waals surface area contributed by atoms with E-state index < -0.39 is 0 Å². The third-order valence-electron chi connectivity index (χ3n) is 4.07. The van der Waals surface area contributed by atoms with Crippen LogP contribution in [0.4, 0.5) is 0 Å². The lowest BCUT2D eigenvalue weighted by Crippen LogP contribution is -2.60. The van der Waals surface area contributed by atoms with Crippen LogP contribution in [-0.4, -0.2) is 36.1 Å². The molecular weight excluding hydrogens is 196 g/mol. The molecule has 1 rings (SSSR count). The molecule has 1 aliphatic heterocycles. The summed E-state index contributed by atoms with van der Waals surface area (Å²) >= 11 is 0. The van der Waals surface area contributed by atoms with Gasteiger partial charge in [-0.3, -0.25) is 4.90 Å². The van der Waals surface area contributed by atoms with Gasteiger partial charge in [-0.2, -0.15) is 0 Å². The maximum absolute atomic E-state index is 3.73. The molecule has 16 heavy (non-hydrogen) atoms. The highest BCUT2D eigenvalue weighted by atomic mass is 15.3. The quantitative estimate of drug-likeness (QED) is 0.775. The van der Waals surface area contributed by atoms with Gasteiger partial charge in [0.15, 0.2) is 0 Å². The minimum absolute atomic E-state index is 0.681. The fourth-order valence-corrected chi connectivity index (χ4v) is 2.79. The van der Waals surface area contributed by atoms with Gasteiger partial charge in [-0.05, 0) is 26.2 Å². The molecular formula is C14H30N2. The molecule has 1 fully saturated rings. The second kappa shape index (κ2) is 6.61. The van der Waals surface area contributed by atoms with Crippen molar-refractivity contribution in [1.29, 1.82) is 0 Å². The minimum atomic E-state index is 0.681. The first kappa shape index (κ1) is 14.0. The summed E-state index contributed by atoms with van der Waals surface area (Å²) in [6, 6.07) is 2.13. The van der Waals surface area contributed by atoms with Gasteiger partial charge in [0.1, 0.15) is 0 Å². The van der Waals surface area contributed by atoms with Crippen molar-refractivity contribution in [2.75, 3.05) is 13.1 Å². The summed E-state index contributed by atoms with van der Waals surface area (Å²) in [5.41, 5.74) is 0. The van der Waals surface area contributed by atoms with Crippen LogP contribution in [0.5, 0.6) is 0 Å². The van der Waals surface area contributed by atoms with Crippen LogP contribution >= 0.6 is 0 Å². The third-order valence-corrected chi connectivity index (χ3v) is 4.07. The van der Waals surface area contributed by atoms with Crippen molar-refractivity contribution in [2.24, 2.45) is 5.92 Å². The fraction of sp³-hybridized carbons (Fsp3) is 1.00. The van der Waals surface area contributed by atoms with E-state index in [2.05, 4.69) is 44.8 Å². The van der Waals surface area contributed by atoms with Gasteiger partial charge in [0, 0.05) is 31.2 Å². The Morgan fingerprint density at radius 1 is 1.25 bits per heavy atom. The summed E-state index contributed by atoms with van der Waals surface area (Å²) < 4.78 is 0. The van der Waals surface area contributed by atoms with Gasteiger partial charge in [0.25, 0.3) is 0 Å². The van der Waals surface area contributed by atoms with Crippen LogP contribution < -0.4 is 5.32 Å². The van der Waals surface area contributed by atoms with E-state index in [0.717, 1.165) is 12.0 Å². The standard InChI is InChI=1S/C14H30N2/c1-6-8-13-10-16(11(3)4)14(9-15-13)12(5)7-2/h11-15H,6-10H2,1-5H3. The molecule has 2 heteroatoms. The van der Waals surface area contributed by atoms with E-state index >= 15 is 0 Å². The predicted octanol–water partition coefficient (Wildman–Crippen LogP) is 2.88. The first-order chi connectivity index (χ1) is 7.60. The lowest BCUT2D eigenvalue weighted by molar-refractivity contribution is 0.0611. The van der Waals surface area contributed by atoms with E-state index in [0.29, 0.717) is 12.1 Å². The van der Waals surface area contributed by atoms with E-state index in [9.17, 15) is 0 Å². The minimum Gasteiger partial charge on any atom is -0.311 e. The van der Waals surface area contributed by atoms with Crippen molar-refractivity contribution >= 4 is 0 Å². The van der Waals surface area contributed by atoms with Gasteiger partial charge in [-0.15, -0.1) is 0 Å². The molecule has 0 bridgehead atoms. The van der Waals surface area contributed by atoms with Gasteiger partial charge in [0.2, 0.25) is 0 Å². The molecule has 1 N–H and O–H groups in total. The number of nitrogens with one attached hydrogen (secondary N) is 1. The Morgan fingerprint density at radius 3 is 2.44 bits per heavy atom. The molecule has 0 aromatic rings. The Bertz CT molecular complexity index is 191. The molecule has 3 unspecified atom stereocenters. The smallest absolute Gasteiger partial charge is 0.0249 e. The first-order valence-electron chi connectivity index (χ1n) is 7.09. The van der Waals surface area contributed by atoms with Gasteiger partial charge >= 0.3 is 0 Å². The molecule has 1 saturated heterocycles. The van der Waals surface area contributed by atoms with Crippen LogP contribution in [0.1, 0.15) is 53.9 Å². The summed E-state index contributed by atoms with van der Waals surface area (Å²) in [6.45, 7) is 14.1. The van der Waals surface area contributed by atoms with Gasteiger partial charge in [-0.1, -0.05) is 33.6 Å². The zero-order valence-electron chi connectivity index (χ0n) is 11.8. The van der Waals surface area contributed by atoms with Crippen LogP contribution in [0.2, 0.25) is 0 Å². The Labute approximate surface area is 102 Å². The zero-order valence-corrected chi connectivity index (χ0v) is 11.8. The first-order valence-corrected chi connectivity index (χ1v) is 7.09. The summed E-state index contributed by atoms with van der Waals surface area (Å²) in [4.78, 5) is 2.71. The highest BCUT2D eigenvalue weighted by Gasteiger charge is 2.31. The molecule has 0 aliphatic carbocycles. The number of rotatable bonds is 5. The summed E-state index contributed by atoms with van der Waals surface area (Å²) in [7, 11) is 0. The molecule has 0 amide bonds. The van der Waals surface area contributed by atoms with Crippen molar-refractivity contribution in [3.05, 3.63) is 0 Å². The maximum atomic E-state index is 3.73. The third kappa shape index (κ3) is 3.46. The van der Waals surface area contributed by atoms with E-state index in [1.54, 1.807) is 0 Å². The van der Waals surface area contributed by atoms with E-state index in [-0.39, 0.29) is 0 Å². The molecule has 1 heterocycles. The van der Waals surface area contributed by atoms with Crippen molar-refractivity contribution in [1.82, 2.24) is 10.2 Å².